The number of rotatable bonds is 1. The number of aryl methyl sites for hydroxylation is 1. The van der Waals surface area contributed by atoms with Gasteiger partial charge in [0.25, 0.3) is 5.91 Å². The monoisotopic (exact) mass is 275 g/mol. The zero-order valence-electron chi connectivity index (χ0n) is 11.8. The fraction of sp³-hybridized carbons (Fsp3) is 0.600. The van der Waals surface area contributed by atoms with Gasteiger partial charge in [-0.15, -0.1) is 0 Å². The van der Waals surface area contributed by atoms with Gasteiger partial charge in [0.2, 0.25) is 0 Å². The van der Waals surface area contributed by atoms with Crippen molar-refractivity contribution in [3.63, 3.8) is 0 Å². The highest BCUT2D eigenvalue weighted by Gasteiger charge is 2.37. The summed E-state index contributed by atoms with van der Waals surface area (Å²) in [5, 5.41) is 0. The molecule has 2 atom stereocenters. The third-order valence-corrected chi connectivity index (χ3v) is 4.30. The Labute approximate surface area is 119 Å². The Morgan fingerprint density at radius 3 is 3.05 bits per heavy atom. The first kappa shape index (κ1) is 13.4. The fourth-order valence-corrected chi connectivity index (χ4v) is 3.26. The predicted molar refractivity (Wildman–Crippen MR) is 76.4 cm³/mol. The number of hydrogen-bond acceptors (Lipinski definition) is 4. The third kappa shape index (κ3) is 2.38. The van der Waals surface area contributed by atoms with Gasteiger partial charge in [0.05, 0.1) is 24.3 Å². The Kier molecular flexibility index (Phi) is 3.61. The molecule has 1 amide bonds. The first-order valence-corrected chi connectivity index (χ1v) is 7.31. The molecule has 1 aromatic heterocycles. The molecule has 1 aliphatic carbocycles. The minimum absolute atomic E-state index is 0.00444. The zero-order valence-corrected chi connectivity index (χ0v) is 11.8. The Morgan fingerprint density at radius 1 is 1.45 bits per heavy atom. The summed E-state index contributed by atoms with van der Waals surface area (Å²) < 4.78 is 5.81. The maximum atomic E-state index is 12.7. The summed E-state index contributed by atoms with van der Waals surface area (Å²) in [6.45, 7) is 3.13. The number of carbonyl (C=O) groups excluding carboxylic acids is 1. The molecule has 2 N–H and O–H groups in total. The quantitative estimate of drug-likeness (QED) is 0.848. The number of carbonyl (C=O) groups is 1. The lowest BCUT2D eigenvalue weighted by Gasteiger charge is -2.43. The number of ether oxygens (including phenoxy) is 1. The summed E-state index contributed by atoms with van der Waals surface area (Å²) in [6.07, 6.45) is 6.22. The fourth-order valence-electron chi connectivity index (χ4n) is 3.26. The van der Waals surface area contributed by atoms with Crippen molar-refractivity contribution in [1.82, 2.24) is 9.88 Å². The van der Waals surface area contributed by atoms with E-state index < -0.39 is 0 Å². The molecule has 5 heteroatoms. The van der Waals surface area contributed by atoms with Crippen molar-refractivity contribution < 1.29 is 9.53 Å². The first-order valence-electron chi connectivity index (χ1n) is 7.31. The Hall–Kier alpha value is -1.62. The van der Waals surface area contributed by atoms with E-state index in [-0.39, 0.29) is 18.1 Å². The van der Waals surface area contributed by atoms with Gasteiger partial charge in [-0.25, -0.2) is 0 Å². The number of nitrogens with zero attached hydrogens (tertiary/aromatic N) is 2. The van der Waals surface area contributed by atoms with Crippen molar-refractivity contribution in [1.29, 1.82) is 0 Å². The predicted octanol–water partition coefficient (Wildman–Crippen LogP) is 1.76. The van der Waals surface area contributed by atoms with Gasteiger partial charge >= 0.3 is 0 Å². The molecule has 1 aliphatic heterocycles. The molecule has 0 spiro atoms. The molecule has 1 saturated heterocycles. The number of amides is 1. The first-order chi connectivity index (χ1) is 9.66. The molecule has 1 aromatic rings. The Morgan fingerprint density at radius 2 is 2.25 bits per heavy atom. The minimum atomic E-state index is -0.00444. The van der Waals surface area contributed by atoms with E-state index in [9.17, 15) is 4.79 Å². The Bertz CT molecular complexity index is 516. The lowest BCUT2D eigenvalue weighted by molar-refractivity contribution is -0.0752. The summed E-state index contributed by atoms with van der Waals surface area (Å²) in [6, 6.07) is 1.96. The van der Waals surface area contributed by atoms with Gasteiger partial charge < -0.3 is 15.4 Å². The Balaban J connectivity index is 1.85. The molecule has 2 fully saturated rings. The van der Waals surface area contributed by atoms with Gasteiger partial charge in [-0.3, -0.25) is 9.78 Å². The van der Waals surface area contributed by atoms with Crippen LogP contribution < -0.4 is 5.73 Å². The summed E-state index contributed by atoms with van der Waals surface area (Å²) >= 11 is 0. The van der Waals surface area contributed by atoms with E-state index in [0.717, 1.165) is 25.0 Å². The average Bonchev–Trinajstić information content (AvgIpc) is 2.46. The molecule has 2 unspecified atom stereocenters. The van der Waals surface area contributed by atoms with Crippen LogP contribution in [0.25, 0.3) is 0 Å². The highest BCUT2D eigenvalue weighted by atomic mass is 16.5. The molecule has 20 heavy (non-hydrogen) atoms. The van der Waals surface area contributed by atoms with E-state index in [1.54, 1.807) is 12.3 Å². The van der Waals surface area contributed by atoms with E-state index in [2.05, 4.69) is 4.98 Å². The van der Waals surface area contributed by atoms with Crippen molar-refractivity contribution >= 4 is 11.6 Å². The molecule has 3 rings (SSSR count). The lowest BCUT2D eigenvalue weighted by atomic mass is 9.89. The number of aromatic nitrogens is 1. The summed E-state index contributed by atoms with van der Waals surface area (Å²) in [4.78, 5) is 18.9. The van der Waals surface area contributed by atoms with Crippen LogP contribution in [0.15, 0.2) is 12.3 Å². The molecule has 0 radical (unpaired) electrons. The van der Waals surface area contributed by atoms with E-state index >= 15 is 0 Å². The van der Waals surface area contributed by atoms with Gasteiger partial charge in [-0.1, -0.05) is 12.8 Å². The normalized spacial score (nSPS) is 26.1. The lowest BCUT2D eigenvalue weighted by Crippen LogP contribution is -2.54. The zero-order chi connectivity index (χ0) is 14.1. The van der Waals surface area contributed by atoms with Gasteiger partial charge in [-0.2, -0.15) is 0 Å². The molecule has 0 bridgehead atoms. The van der Waals surface area contributed by atoms with E-state index in [1.807, 2.05) is 11.8 Å². The van der Waals surface area contributed by atoms with Crippen LogP contribution in [0.3, 0.4) is 0 Å². The second kappa shape index (κ2) is 5.40. The minimum Gasteiger partial charge on any atom is -0.398 e. The van der Waals surface area contributed by atoms with Crippen LogP contribution >= 0.6 is 0 Å². The number of hydrogen-bond donors (Lipinski definition) is 1. The molecular formula is C15H21N3O2. The van der Waals surface area contributed by atoms with Gasteiger partial charge in [0.1, 0.15) is 0 Å². The number of nitrogen functional groups attached to an aromatic ring is 1. The molecule has 108 valence electrons. The van der Waals surface area contributed by atoms with Crippen LogP contribution in [0, 0.1) is 6.92 Å². The number of nitrogens with two attached hydrogens (primary N) is 1. The number of fused-ring (bicyclic) bond motifs is 1. The number of morpholine rings is 1. The third-order valence-electron chi connectivity index (χ3n) is 4.30. The topological polar surface area (TPSA) is 68.5 Å². The van der Waals surface area contributed by atoms with Crippen molar-refractivity contribution in [3.8, 4) is 0 Å². The molecule has 5 nitrogen and oxygen atoms in total. The smallest absolute Gasteiger partial charge is 0.257 e. The van der Waals surface area contributed by atoms with Crippen molar-refractivity contribution in [2.75, 3.05) is 18.9 Å². The van der Waals surface area contributed by atoms with Crippen LogP contribution in [0.2, 0.25) is 0 Å². The molecule has 2 heterocycles. The van der Waals surface area contributed by atoms with E-state index in [4.69, 9.17) is 10.5 Å². The van der Waals surface area contributed by atoms with Crippen LogP contribution in [0.5, 0.6) is 0 Å². The summed E-state index contributed by atoms with van der Waals surface area (Å²) in [7, 11) is 0. The van der Waals surface area contributed by atoms with Gasteiger partial charge in [0, 0.05) is 24.1 Å². The average molecular weight is 275 g/mol. The second-order valence-electron chi connectivity index (χ2n) is 5.67. The maximum Gasteiger partial charge on any atom is 0.257 e. The summed E-state index contributed by atoms with van der Waals surface area (Å²) in [5.41, 5.74) is 7.84. The summed E-state index contributed by atoms with van der Waals surface area (Å²) in [5.74, 6) is -0.00444. The van der Waals surface area contributed by atoms with Gasteiger partial charge in [0.15, 0.2) is 0 Å². The number of anilines is 1. The highest BCUT2D eigenvalue weighted by molar-refractivity contribution is 5.99. The van der Waals surface area contributed by atoms with Crippen LogP contribution in [-0.4, -0.2) is 41.1 Å². The van der Waals surface area contributed by atoms with E-state index in [0.29, 0.717) is 24.4 Å². The SMILES string of the molecule is Cc1cc(N)c(C(=O)N2CCOC3CCCCC32)cn1. The van der Waals surface area contributed by atoms with Crippen molar-refractivity contribution in [2.45, 2.75) is 44.8 Å². The van der Waals surface area contributed by atoms with Crippen LogP contribution in [-0.2, 0) is 4.74 Å². The van der Waals surface area contributed by atoms with Crippen molar-refractivity contribution in [3.05, 3.63) is 23.5 Å². The molecular weight excluding hydrogens is 254 g/mol. The van der Waals surface area contributed by atoms with Crippen LogP contribution in [0.4, 0.5) is 5.69 Å². The second-order valence-corrected chi connectivity index (χ2v) is 5.67. The number of pyridine rings is 1. The molecule has 2 aliphatic rings. The van der Waals surface area contributed by atoms with Gasteiger partial charge in [-0.05, 0) is 25.8 Å². The maximum absolute atomic E-state index is 12.7. The standard InChI is InChI=1S/C15H21N3O2/c1-10-8-12(16)11(9-17-10)15(19)18-6-7-20-14-5-3-2-4-13(14)18/h8-9,13-14H,2-7H2,1H3,(H2,16,17). The van der Waals surface area contributed by atoms with Crippen molar-refractivity contribution in [2.24, 2.45) is 0 Å². The largest absolute Gasteiger partial charge is 0.398 e. The molecule has 1 saturated carbocycles. The van der Waals surface area contributed by atoms with Crippen LogP contribution in [0.1, 0.15) is 41.7 Å². The highest BCUT2D eigenvalue weighted by Crippen LogP contribution is 2.30. The molecule has 0 aromatic carbocycles. The van der Waals surface area contributed by atoms with E-state index in [1.165, 1.54) is 6.42 Å².